The van der Waals surface area contributed by atoms with Crippen molar-refractivity contribution in [2.45, 2.75) is 6.42 Å². The highest BCUT2D eigenvalue weighted by molar-refractivity contribution is 6.40. The third kappa shape index (κ3) is 5.71. The fourth-order valence-corrected chi connectivity index (χ4v) is 4.71. The second-order valence-corrected chi connectivity index (χ2v) is 9.37. The fraction of sp³-hybridized carbons (Fsp3) is 0.385. The van der Waals surface area contributed by atoms with Gasteiger partial charge >= 0.3 is 0 Å². The summed E-state index contributed by atoms with van der Waals surface area (Å²) in [5.41, 5.74) is 1.92. The van der Waals surface area contributed by atoms with E-state index in [9.17, 15) is 5.26 Å². The van der Waals surface area contributed by atoms with Crippen molar-refractivity contribution < 1.29 is 14.2 Å². The second-order valence-electron chi connectivity index (χ2n) is 8.59. The molecule has 0 spiro atoms. The van der Waals surface area contributed by atoms with Crippen LogP contribution in [0.25, 0.3) is 10.9 Å². The number of aromatic nitrogens is 1. The molecule has 8 nitrogen and oxygen atoms in total. The number of hydrogen-bond acceptors (Lipinski definition) is 8. The van der Waals surface area contributed by atoms with Crippen molar-refractivity contribution in [1.29, 1.82) is 5.26 Å². The molecular weight excluding hydrogens is 501 g/mol. The number of methoxy groups -OCH3 is 2. The van der Waals surface area contributed by atoms with Gasteiger partial charge in [0.1, 0.15) is 16.8 Å². The van der Waals surface area contributed by atoms with E-state index in [2.05, 4.69) is 33.2 Å². The lowest BCUT2D eigenvalue weighted by Gasteiger charge is -2.32. The molecule has 4 rings (SSSR count). The van der Waals surface area contributed by atoms with Gasteiger partial charge in [0.15, 0.2) is 11.5 Å². The number of ether oxygens (including phenoxy) is 3. The van der Waals surface area contributed by atoms with Crippen LogP contribution in [0.3, 0.4) is 0 Å². The predicted molar refractivity (Wildman–Crippen MR) is 143 cm³/mol. The lowest BCUT2D eigenvalue weighted by Crippen LogP contribution is -2.44. The van der Waals surface area contributed by atoms with Crippen molar-refractivity contribution in [3.8, 4) is 23.3 Å². The number of hydrogen-bond donors (Lipinski definition) is 1. The van der Waals surface area contributed by atoms with Crippen LogP contribution in [0.5, 0.6) is 17.2 Å². The average molecular weight is 530 g/mol. The Morgan fingerprint density at radius 3 is 2.47 bits per heavy atom. The van der Waals surface area contributed by atoms with E-state index in [-0.39, 0.29) is 0 Å². The smallest absolute Gasteiger partial charge is 0.163 e. The van der Waals surface area contributed by atoms with E-state index in [4.69, 9.17) is 37.4 Å². The molecule has 0 radical (unpaired) electrons. The number of fused-ring (bicyclic) bond motifs is 1. The van der Waals surface area contributed by atoms with Crippen LogP contribution in [0.1, 0.15) is 12.0 Å². The molecule has 2 aromatic carbocycles. The number of nitrogens with zero attached hydrogens (tertiary/aromatic N) is 4. The molecule has 1 aliphatic heterocycles. The molecule has 1 aromatic heterocycles. The zero-order valence-corrected chi connectivity index (χ0v) is 22.1. The lowest BCUT2D eigenvalue weighted by molar-refractivity contribution is 0.145. The fourth-order valence-electron chi connectivity index (χ4n) is 4.16. The maximum absolute atomic E-state index is 9.76. The number of halogens is 2. The van der Waals surface area contributed by atoms with Crippen LogP contribution >= 0.6 is 23.2 Å². The Hall–Kier alpha value is -2.96. The van der Waals surface area contributed by atoms with Crippen molar-refractivity contribution in [2.75, 3.05) is 65.9 Å². The Labute approximate surface area is 221 Å². The van der Waals surface area contributed by atoms with Gasteiger partial charge in [0.2, 0.25) is 0 Å². The number of piperazine rings is 1. The molecule has 10 heteroatoms. The van der Waals surface area contributed by atoms with Crippen LogP contribution in [-0.2, 0) is 0 Å². The van der Waals surface area contributed by atoms with Gasteiger partial charge in [-0.1, -0.05) is 23.2 Å². The third-order valence-corrected chi connectivity index (χ3v) is 6.96. The van der Waals surface area contributed by atoms with E-state index in [0.717, 1.165) is 39.1 Å². The standard InChI is InChI=1S/C26H29Cl2N5O3/c1-32-8-10-33(11-9-32)7-4-12-36-23-14-20-18(13-22(23)35-3)25(17(15-29)16-30-20)31-26-19(27)5-6-21(34-2)24(26)28/h5-6,13-14,16H,4,7-12H2,1-3H3,(H,30,31). The summed E-state index contributed by atoms with van der Waals surface area (Å²) in [5, 5.41) is 14.4. The minimum atomic E-state index is 0.311. The quantitative estimate of drug-likeness (QED) is 0.379. The first-order valence-corrected chi connectivity index (χ1v) is 12.4. The van der Waals surface area contributed by atoms with Gasteiger partial charge in [-0.15, -0.1) is 0 Å². The minimum Gasteiger partial charge on any atom is -0.495 e. The number of pyridine rings is 1. The summed E-state index contributed by atoms with van der Waals surface area (Å²) in [5.74, 6) is 1.61. The molecule has 36 heavy (non-hydrogen) atoms. The van der Waals surface area contributed by atoms with Crippen LogP contribution in [0, 0.1) is 11.3 Å². The monoisotopic (exact) mass is 529 g/mol. The summed E-state index contributed by atoms with van der Waals surface area (Å²) in [4.78, 5) is 9.28. The van der Waals surface area contributed by atoms with Crippen LogP contribution in [0.2, 0.25) is 10.0 Å². The van der Waals surface area contributed by atoms with Crippen molar-refractivity contribution in [3.05, 3.63) is 46.1 Å². The summed E-state index contributed by atoms with van der Waals surface area (Å²) >= 11 is 12.9. The lowest BCUT2D eigenvalue weighted by atomic mass is 10.1. The van der Waals surface area contributed by atoms with Crippen molar-refractivity contribution in [2.24, 2.45) is 0 Å². The number of likely N-dealkylation sites (N-methyl/N-ethyl adjacent to an activating group) is 1. The Balaban J connectivity index is 1.59. The van der Waals surface area contributed by atoms with Gasteiger partial charge in [-0.2, -0.15) is 5.26 Å². The van der Waals surface area contributed by atoms with Gasteiger partial charge in [0.25, 0.3) is 0 Å². The van der Waals surface area contributed by atoms with Crippen molar-refractivity contribution in [1.82, 2.24) is 14.8 Å². The Kier molecular flexibility index (Phi) is 8.60. The van der Waals surface area contributed by atoms with E-state index in [1.165, 1.54) is 13.3 Å². The molecule has 0 amide bonds. The van der Waals surface area contributed by atoms with Crippen LogP contribution < -0.4 is 19.5 Å². The average Bonchev–Trinajstić information content (AvgIpc) is 2.89. The normalized spacial score (nSPS) is 14.4. The maximum Gasteiger partial charge on any atom is 0.163 e. The van der Waals surface area contributed by atoms with Gasteiger partial charge in [0, 0.05) is 50.4 Å². The largest absolute Gasteiger partial charge is 0.495 e. The summed E-state index contributed by atoms with van der Waals surface area (Å²) in [6.07, 6.45) is 2.42. The molecular formula is C26H29Cl2N5O3. The highest BCUT2D eigenvalue weighted by atomic mass is 35.5. The molecule has 190 valence electrons. The number of nitriles is 1. The van der Waals surface area contributed by atoms with Crippen LogP contribution in [-0.4, -0.2) is 75.4 Å². The summed E-state index contributed by atoms with van der Waals surface area (Å²) < 4.78 is 17.0. The zero-order valence-electron chi connectivity index (χ0n) is 20.6. The molecule has 0 atom stereocenters. The molecule has 0 bridgehead atoms. The second kappa shape index (κ2) is 11.8. The van der Waals surface area contributed by atoms with E-state index in [1.807, 2.05) is 12.1 Å². The molecule has 0 aliphatic carbocycles. The minimum absolute atomic E-state index is 0.311. The number of benzene rings is 2. The number of nitrogens with one attached hydrogen (secondary N) is 1. The van der Waals surface area contributed by atoms with Gasteiger partial charge in [-0.25, -0.2) is 0 Å². The molecule has 1 saturated heterocycles. The highest BCUT2D eigenvalue weighted by Crippen LogP contribution is 2.42. The Bertz CT molecular complexity index is 1270. The Morgan fingerprint density at radius 1 is 1.03 bits per heavy atom. The highest BCUT2D eigenvalue weighted by Gasteiger charge is 2.18. The summed E-state index contributed by atoms with van der Waals surface area (Å²) in [6, 6.07) is 9.18. The number of anilines is 2. The van der Waals surface area contributed by atoms with Gasteiger partial charge < -0.3 is 29.3 Å². The first-order valence-electron chi connectivity index (χ1n) is 11.7. The molecule has 1 fully saturated rings. The van der Waals surface area contributed by atoms with E-state index >= 15 is 0 Å². The summed E-state index contributed by atoms with van der Waals surface area (Å²) in [7, 11) is 5.27. The third-order valence-electron chi connectivity index (χ3n) is 6.27. The topological polar surface area (TPSA) is 82.9 Å². The van der Waals surface area contributed by atoms with Crippen molar-refractivity contribution >= 4 is 45.5 Å². The first kappa shape index (κ1) is 26.1. The molecule has 2 heterocycles. The molecule has 0 saturated carbocycles. The maximum atomic E-state index is 9.76. The van der Waals surface area contributed by atoms with Gasteiger partial charge in [-0.3, -0.25) is 4.98 Å². The van der Waals surface area contributed by atoms with Crippen LogP contribution in [0.4, 0.5) is 11.4 Å². The number of rotatable bonds is 9. The van der Waals surface area contributed by atoms with Crippen LogP contribution in [0.15, 0.2) is 30.5 Å². The first-order chi connectivity index (χ1) is 17.4. The summed E-state index contributed by atoms with van der Waals surface area (Å²) in [6.45, 7) is 5.90. The van der Waals surface area contributed by atoms with Gasteiger partial charge in [-0.05, 0) is 31.7 Å². The Morgan fingerprint density at radius 2 is 1.78 bits per heavy atom. The van der Waals surface area contributed by atoms with E-state index < -0.39 is 0 Å². The predicted octanol–water partition coefficient (Wildman–Crippen LogP) is 5.19. The SMILES string of the molecule is COc1cc2c(Nc3c(Cl)ccc(OC)c3Cl)c(C#N)cnc2cc1OCCCN1CCN(C)CC1. The van der Waals surface area contributed by atoms with E-state index in [0.29, 0.717) is 61.7 Å². The molecule has 3 aromatic rings. The van der Waals surface area contributed by atoms with Gasteiger partial charge in [0.05, 0.1) is 48.3 Å². The van der Waals surface area contributed by atoms with Crippen molar-refractivity contribution in [3.63, 3.8) is 0 Å². The zero-order chi connectivity index (χ0) is 25.7. The molecule has 0 unspecified atom stereocenters. The molecule has 1 N–H and O–H groups in total. The van der Waals surface area contributed by atoms with E-state index in [1.54, 1.807) is 19.2 Å². The molecule has 1 aliphatic rings.